The molecule has 1 amide bonds. The van der Waals surface area contributed by atoms with E-state index in [-0.39, 0.29) is 30.5 Å². The Balaban J connectivity index is 1.70. The second-order valence-corrected chi connectivity index (χ2v) is 7.15. The van der Waals surface area contributed by atoms with Crippen molar-refractivity contribution >= 4 is 11.9 Å². The van der Waals surface area contributed by atoms with E-state index in [9.17, 15) is 9.18 Å². The lowest BCUT2D eigenvalue weighted by Gasteiger charge is -2.38. The monoisotopic (exact) mass is 376 g/mol. The third-order valence-corrected chi connectivity index (χ3v) is 4.96. The highest BCUT2D eigenvalue weighted by Gasteiger charge is 2.28. The van der Waals surface area contributed by atoms with Crippen molar-refractivity contribution < 1.29 is 13.9 Å². The maximum Gasteiger partial charge on any atom is 0.244 e. The van der Waals surface area contributed by atoms with E-state index in [0.717, 1.165) is 44.0 Å². The molecule has 0 aliphatic carbocycles. The van der Waals surface area contributed by atoms with Gasteiger partial charge >= 0.3 is 0 Å². The minimum atomic E-state index is -0.255. The predicted molar refractivity (Wildman–Crippen MR) is 103 cm³/mol. The molecule has 2 aliphatic heterocycles. The lowest BCUT2D eigenvalue weighted by Crippen LogP contribution is -2.51. The number of hydrogen-bond donors (Lipinski definition) is 1. The van der Waals surface area contributed by atoms with E-state index >= 15 is 0 Å². The first kappa shape index (κ1) is 19.6. The van der Waals surface area contributed by atoms with Gasteiger partial charge in [0.15, 0.2) is 5.96 Å². The Kier molecular flexibility index (Phi) is 6.66. The van der Waals surface area contributed by atoms with Gasteiger partial charge in [0.2, 0.25) is 5.91 Å². The highest BCUT2D eigenvalue weighted by atomic mass is 19.1. The lowest BCUT2D eigenvalue weighted by atomic mass is 10.1. The van der Waals surface area contributed by atoms with E-state index in [2.05, 4.69) is 15.2 Å². The Bertz CT molecular complexity index is 658. The zero-order valence-electron chi connectivity index (χ0n) is 16.2. The van der Waals surface area contributed by atoms with Crippen LogP contribution in [0.1, 0.15) is 38.4 Å². The van der Waals surface area contributed by atoms with Crippen molar-refractivity contribution in [2.45, 2.75) is 38.9 Å². The maximum absolute atomic E-state index is 13.2. The first-order valence-electron chi connectivity index (χ1n) is 9.78. The molecule has 7 heteroatoms. The van der Waals surface area contributed by atoms with Gasteiger partial charge in [-0.3, -0.25) is 4.79 Å². The number of nitrogens with zero attached hydrogens (tertiary/aromatic N) is 3. The van der Waals surface area contributed by atoms with Gasteiger partial charge in [0.05, 0.1) is 12.6 Å². The number of benzene rings is 1. The molecule has 1 aromatic rings. The molecule has 0 saturated carbocycles. The van der Waals surface area contributed by atoms with Gasteiger partial charge in [-0.15, -0.1) is 0 Å². The van der Waals surface area contributed by atoms with E-state index < -0.39 is 0 Å². The molecule has 0 bridgehead atoms. The van der Waals surface area contributed by atoms with Gasteiger partial charge in [0.1, 0.15) is 18.5 Å². The summed E-state index contributed by atoms with van der Waals surface area (Å²) < 4.78 is 19.3. The molecular formula is C20H29FN4O2. The minimum Gasteiger partial charge on any atom is -0.367 e. The number of rotatable bonds is 4. The van der Waals surface area contributed by atoms with Gasteiger partial charge in [-0.1, -0.05) is 12.1 Å². The topological polar surface area (TPSA) is 57.2 Å². The van der Waals surface area contributed by atoms with Crippen LogP contribution < -0.4 is 5.32 Å². The summed E-state index contributed by atoms with van der Waals surface area (Å²) in [6.07, 6.45) is 2.01. The maximum atomic E-state index is 13.2. The summed E-state index contributed by atoms with van der Waals surface area (Å²) in [6.45, 7) is 7.90. The van der Waals surface area contributed by atoms with E-state index in [1.807, 2.05) is 18.7 Å². The van der Waals surface area contributed by atoms with Crippen molar-refractivity contribution in [3.05, 3.63) is 35.6 Å². The number of guanidine groups is 1. The standard InChI is InChI=1S/C20H29FN4O2/c1-3-22-20(23-12-19(26)24-10-4-5-11-24)25-13-15(2)27-18(14-25)16-6-8-17(21)9-7-16/h6-9,15,18H,3-5,10-14H2,1-2H3,(H,22,23). The van der Waals surface area contributed by atoms with Crippen LogP contribution in [0.2, 0.25) is 0 Å². The number of carbonyl (C=O) groups is 1. The summed E-state index contributed by atoms with van der Waals surface area (Å²) in [5, 5.41) is 3.29. The fourth-order valence-corrected chi connectivity index (χ4v) is 3.62. The fraction of sp³-hybridized carbons (Fsp3) is 0.600. The Morgan fingerprint density at radius 3 is 2.59 bits per heavy atom. The zero-order chi connectivity index (χ0) is 19.2. The van der Waals surface area contributed by atoms with Crippen molar-refractivity contribution in [2.24, 2.45) is 4.99 Å². The summed E-state index contributed by atoms with van der Waals surface area (Å²) in [6, 6.07) is 6.43. The van der Waals surface area contributed by atoms with Crippen LogP contribution in [0.5, 0.6) is 0 Å². The number of aliphatic imine (C=N–C) groups is 1. The number of likely N-dealkylation sites (tertiary alicyclic amines) is 1. The molecule has 2 unspecified atom stereocenters. The smallest absolute Gasteiger partial charge is 0.244 e. The van der Waals surface area contributed by atoms with E-state index in [1.54, 1.807) is 12.1 Å². The van der Waals surface area contributed by atoms with Crippen molar-refractivity contribution in [3.63, 3.8) is 0 Å². The molecule has 0 aromatic heterocycles. The normalized spacial score (nSPS) is 23.6. The Morgan fingerprint density at radius 1 is 1.22 bits per heavy atom. The van der Waals surface area contributed by atoms with Gasteiger partial charge in [0.25, 0.3) is 0 Å². The number of nitrogens with one attached hydrogen (secondary N) is 1. The molecule has 3 rings (SSSR count). The van der Waals surface area contributed by atoms with E-state index in [0.29, 0.717) is 13.1 Å². The van der Waals surface area contributed by atoms with Crippen LogP contribution in [0.15, 0.2) is 29.3 Å². The Hall–Kier alpha value is -2.15. The first-order chi connectivity index (χ1) is 13.1. The van der Waals surface area contributed by atoms with Crippen LogP contribution >= 0.6 is 0 Å². The number of ether oxygens (including phenoxy) is 1. The number of carbonyl (C=O) groups excluding carboxylic acids is 1. The molecule has 6 nitrogen and oxygen atoms in total. The summed E-state index contributed by atoms with van der Waals surface area (Å²) >= 11 is 0. The summed E-state index contributed by atoms with van der Waals surface area (Å²) in [7, 11) is 0. The Morgan fingerprint density at radius 2 is 1.93 bits per heavy atom. The number of halogens is 1. The highest BCUT2D eigenvalue weighted by Crippen LogP contribution is 2.25. The molecule has 1 N–H and O–H groups in total. The van der Waals surface area contributed by atoms with Crippen molar-refractivity contribution in [2.75, 3.05) is 39.3 Å². The van der Waals surface area contributed by atoms with Gasteiger partial charge in [-0.25, -0.2) is 9.38 Å². The summed E-state index contributed by atoms with van der Waals surface area (Å²) in [4.78, 5) is 20.9. The second-order valence-electron chi connectivity index (χ2n) is 7.15. The average Bonchev–Trinajstić information content (AvgIpc) is 3.20. The van der Waals surface area contributed by atoms with Crippen LogP contribution in [-0.2, 0) is 9.53 Å². The molecule has 27 heavy (non-hydrogen) atoms. The van der Waals surface area contributed by atoms with Crippen molar-refractivity contribution in [3.8, 4) is 0 Å². The van der Waals surface area contributed by atoms with Crippen molar-refractivity contribution in [1.82, 2.24) is 15.1 Å². The predicted octanol–water partition coefficient (Wildman–Crippen LogP) is 2.18. The minimum absolute atomic E-state index is 0.00643. The number of amides is 1. The quantitative estimate of drug-likeness (QED) is 0.646. The van der Waals surface area contributed by atoms with Gasteiger partial charge in [-0.2, -0.15) is 0 Å². The summed E-state index contributed by atoms with van der Waals surface area (Å²) in [5.41, 5.74) is 0.942. The van der Waals surface area contributed by atoms with Gasteiger partial charge < -0.3 is 19.9 Å². The molecule has 2 aliphatic rings. The molecular weight excluding hydrogens is 347 g/mol. The van der Waals surface area contributed by atoms with Crippen LogP contribution in [0.25, 0.3) is 0 Å². The fourth-order valence-electron chi connectivity index (χ4n) is 3.62. The van der Waals surface area contributed by atoms with Crippen LogP contribution in [-0.4, -0.2) is 67.0 Å². The average molecular weight is 376 g/mol. The van der Waals surface area contributed by atoms with Gasteiger partial charge in [0, 0.05) is 26.2 Å². The van der Waals surface area contributed by atoms with Crippen LogP contribution in [0.4, 0.5) is 4.39 Å². The van der Waals surface area contributed by atoms with E-state index in [4.69, 9.17) is 4.74 Å². The van der Waals surface area contributed by atoms with Gasteiger partial charge in [-0.05, 0) is 44.4 Å². The molecule has 2 heterocycles. The zero-order valence-corrected chi connectivity index (χ0v) is 16.2. The second kappa shape index (κ2) is 9.17. The first-order valence-corrected chi connectivity index (χ1v) is 9.78. The molecule has 2 saturated heterocycles. The molecule has 148 valence electrons. The van der Waals surface area contributed by atoms with E-state index in [1.165, 1.54) is 12.1 Å². The van der Waals surface area contributed by atoms with Crippen molar-refractivity contribution in [1.29, 1.82) is 0 Å². The lowest BCUT2D eigenvalue weighted by molar-refractivity contribution is -0.128. The van der Waals surface area contributed by atoms with Crippen LogP contribution in [0.3, 0.4) is 0 Å². The molecule has 2 atom stereocenters. The third-order valence-electron chi connectivity index (χ3n) is 4.96. The molecule has 0 radical (unpaired) electrons. The molecule has 2 fully saturated rings. The Labute approximate surface area is 160 Å². The molecule has 0 spiro atoms. The highest BCUT2D eigenvalue weighted by molar-refractivity contribution is 5.85. The van der Waals surface area contributed by atoms with Crippen LogP contribution in [0, 0.1) is 5.82 Å². The molecule has 1 aromatic carbocycles. The SMILES string of the molecule is CCNC(=NCC(=O)N1CCCC1)N1CC(C)OC(c2ccc(F)cc2)C1. The number of morpholine rings is 1. The largest absolute Gasteiger partial charge is 0.367 e. The third kappa shape index (κ3) is 5.19. The number of hydrogen-bond acceptors (Lipinski definition) is 3. The summed E-state index contributed by atoms with van der Waals surface area (Å²) in [5.74, 6) is 0.557.